The number of nitrogens with zero attached hydrogens (tertiary/aromatic N) is 2. The molecule has 1 aliphatic carbocycles. The van der Waals surface area contributed by atoms with Gasteiger partial charge < -0.3 is 25.4 Å². The normalized spacial score (nSPS) is 18.3. The molecule has 1 fully saturated rings. The molecule has 0 aromatic heterocycles. The summed E-state index contributed by atoms with van der Waals surface area (Å²) in [4.78, 5) is 29.1. The Morgan fingerprint density at radius 2 is 1.94 bits per heavy atom. The van der Waals surface area contributed by atoms with Crippen molar-refractivity contribution in [2.75, 3.05) is 36.5 Å². The van der Waals surface area contributed by atoms with Crippen LogP contribution >= 0.6 is 11.6 Å². The van der Waals surface area contributed by atoms with E-state index in [4.69, 9.17) is 26.8 Å². The van der Waals surface area contributed by atoms with Crippen molar-refractivity contribution < 1.29 is 19.1 Å². The van der Waals surface area contributed by atoms with E-state index < -0.39 is 6.09 Å². The van der Waals surface area contributed by atoms with Crippen molar-refractivity contribution in [3.63, 3.8) is 0 Å². The summed E-state index contributed by atoms with van der Waals surface area (Å²) in [6.45, 7) is 4.94. The zero-order valence-electron chi connectivity index (χ0n) is 19.7. The number of anilines is 2. The molecule has 34 heavy (non-hydrogen) atoms. The molecular formula is C25H31ClN4O4. The molecule has 2 atom stereocenters. The van der Waals surface area contributed by atoms with Crippen LogP contribution in [0, 0.1) is 0 Å². The van der Waals surface area contributed by atoms with Gasteiger partial charge in [-0.05, 0) is 49.6 Å². The first-order valence-corrected chi connectivity index (χ1v) is 11.9. The summed E-state index contributed by atoms with van der Waals surface area (Å²) in [5, 5.41) is 3.95. The highest BCUT2D eigenvalue weighted by Crippen LogP contribution is 2.39. The largest absolute Gasteiger partial charge is 0.493 e. The Labute approximate surface area is 204 Å². The monoisotopic (exact) mass is 486 g/mol. The van der Waals surface area contributed by atoms with Crippen molar-refractivity contribution in [2.45, 2.75) is 44.7 Å². The zero-order chi connectivity index (χ0) is 24.4. The van der Waals surface area contributed by atoms with Gasteiger partial charge in [0.1, 0.15) is 0 Å². The van der Waals surface area contributed by atoms with E-state index in [1.807, 2.05) is 25.1 Å². The van der Waals surface area contributed by atoms with Crippen molar-refractivity contribution in [3.05, 3.63) is 47.0 Å². The Hall–Kier alpha value is -2.81. The lowest BCUT2D eigenvalue weighted by Gasteiger charge is -2.40. The minimum absolute atomic E-state index is 0.0851. The summed E-state index contributed by atoms with van der Waals surface area (Å²) in [6, 6.07) is 11.0. The third-order valence-corrected chi connectivity index (χ3v) is 6.54. The van der Waals surface area contributed by atoms with Crippen LogP contribution in [0.5, 0.6) is 11.5 Å². The molecule has 2 amide bonds. The molecule has 2 aromatic rings. The van der Waals surface area contributed by atoms with Gasteiger partial charge in [0.05, 0.1) is 24.5 Å². The highest BCUT2D eigenvalue weighted by Gasteiger charge is 2.35. The van der Waals surface area contributed by atoms with Crippen molar-refractivity contribution in [3.8, 4) is 11.5 Å². The van der Waals surface area contributed by atoms with E-state index in [1.54, 1.807) is 28.0 Å². The van der Waals surface area contributed by atoms with E-state index in [2.05, 4.69) is 5.32 Å². The molecule has 8 nitrogen and oxygen atoms in total. The smallest absolute Gasteiger partial charge is 0.420 e. The first-order valence-electron chi connectivity index (χ1n) is 11.5. The maximum Gasteiger partial charge on any atom is 0.420 e. The van der Waals surface area contributed by atoms with E-state index in [0.29, 0.717) is 34.7 Å². The molecule has 2 aliphatic rings. The maximum atomic E-state index is 13.4. The van der Waals surface area contributed by atoms with Gasteiger partial charge in [0.25, 0.3) is 0 Å². The van der Waals surface area contributed by atoms with Gasteiger partial charge in [-0.2, -0.15) is 0 Å². The van der Waals surface area contributed by atoms with Crippen LogP contribution < -0.4 is 30.3 Å². The fraction of sp³-hybridized carbons (Fsp3) is 0.440. The third-order valence-electron chi connectivity index (χ3n) is 6.31. The Bertz CT molecular complexity index is 1070. The lowest BCUT2D eigenvalue weighted by molar-refractivity contribution is -0.117. The zero-order valence-corrected chi connectivity index (χ0v) is 20.5. The van der Waals surface area contributed by atoms with Crippen LogP contribution in [0.3, 0.4) is 0 Å². The molecule has 9 heteroatoms. The molecule has 1 aliphatic heterocycles. The van der Waals surface area contributed by atoms with Gasteiger partial charge >= 0.3 is 6.09 Å². The second-order valence-corrected chi connectivity index (χ2v) is 9.31. The summed E-state index contributed by atoms with van der Waals surface area (Å²) < 4.78 is 11.0. The maximum absolute atomic E-state index is 13.4. The second kappa shape index (κ2) is 10.2. The number of benzene rings is 2. The van der Waals surface area contributed by atoms with E-state index in [-0.39, 0.29) is 30.2 Å². The SMILES string of the molecule is COc1ccc(Cl)cc1OC(=O)N1C[C@H](C)N(C(C)=O)c2ccc(C(CN)CNC3CC3)cc21. The summed E-state index contributed by atoms with van der Waals surface area (Å²) in [5.41, 5.74) is 8.37. The molecule has 0 saturated heterocycles. The highest BCUT2D eigenvalue weighted by molar-refractivity contribution is 6.30. The average molecular weight is 487 g/mol. The first kappa shape index (κ1) is 24.3. The fourth-order valence-corrected chi connectivity index (χ4v) is 4.52. The van der Waals surface area contributed by atoms with Gasteiger partial charge in [-0.3, -0.25) is 9.69 Å². The standard InChI is InChI=1S/C25H31ClN4O4/c1-15-14-29(25(32)34-24-11-19(26)5-9-23(24)33-3)22-10-17(4-8-21(22)30(15)16(2)31)18(12-27)13-28-20-6-7-20/h4-5,8-11,15,18,20,28H,6-7,12-14,27H2,1-3H3/t15-,18?/m0/s1. The van der Waals surface area contributed by atoms with Gasteiger partial charge in [-0.1, -0.05) is 17.7 Å². The number of nitrogens with two attached hydrogens (primary N) is 1. The predicted octanol–water partition coefficient (Wildman–Crippen LogP) is 3.90. The molecule has 1 heterocycles. The number of ether oxygens (including phenoxy) is 2. The van der Waals surface area contributed by atoms with Gasteiger partial charge in [0.15, 0.2) is 11.5 Å². The number of hydrogen-bond acceptors (Lipinski definition) is 6. The molecule has 4 rings (SSSR count). The fourth-order valence-electron chi connectivity index (χ4n) is 4.36. The summed E-state index contributed by atoms with van der Waals surface area (Å²) in [7, 11) is 1.50. The number of nitrogens with one attached hydrogen (secondary N) is 1. The lowest BCUT2D eigenvalue weighted by Crippen LogP contribution is -2.52. The van der Waals surface area contributed by atoms with Crippen molar-refractivity contribution in [2.24, 2.45) is 5.73 Å². The van der Waals surface area contributed by atoms with Crippen LogP contribution in [0.15, 0.2) is 36.4 Å². The van der Waals surface area contributed by atoms with E-state index in [9.17, 15) is 9.59 Å². The third kappa shape index (κ3) is 5.14. The number of carbonyl (C=O) groups is 2. The number of rotatable bonds is 7. The van der Waals surface area contributed by atoms with Gasteiger partial charge in [-0.25, -0.2) is 4.79 Å². The van der Waals surface area contributed by atoms with Gasteiger partial charge in [0.2, 0.25) is 5.91 Å². The average Bonchev–Trinajstić information content (AvgIpc) is 3.63. The molecule has 1 saturated carbocycles. The van der Waals surface area contributed by atoms with Crippen LogP contribution in [-0.4, -0.2) is 50.8 Å². The van der Waals surface area contributed by atoms with E-state index in [0.717, 1.165) is 12.1 Å². The van der Waals surface area contributed by atoms with E-state index >= 15 is 0 Å². The molecule has 0 radical (unpaired) electrons. The summed E-state index contributed by atoms with van der Waals surface area (Å²) in [6.07, 6.45) is 1.81. The molecule has 3 N–H and O–H groups in total. The molecule has 1 unspecified atom stereocenters. The Kier molecular flexibility index (Phi) is 7.30. The van der Waals surface area contributed by atoms with Crippen molar-refractivity contribution >= 4 is 35.0 Å². The molecule has 0 bridgehead atoms. The Balaban J connectivity index is 1.68. The molecule has 182 valence electrons. The lowest BCUT2D eigenvalue weighted by atomic mass is 9.96. The number of carbonyl (C=O) groups excluding carboxylic acids is 2. The molecule has 2 aromatic carbocycles. The van der Waals surface area contributed by atoms with Crippen LogP contribution in [0.2, 0.25) is 5.02 Å². The topological polar surface area (TPSA) is 97.1 Å². The summed E-state index contributed by atoms with van der Waals surface area (Å²) >= 11 is 6.11. The number of methoxy groups -OCH3 is 1. The summed E-state index contributed by atoms with van der Waals surface area (Å²) in [5.74, 6) is 0.628. The minimum atomic E-state index is -0.575. The number of hydrogen-bond donors (Lipinski definition) is 2. The van der Waals surface area contributed by atoms with Crippen molar-refractivity contribution in [1.82, 2.24) is 5.32 Å². The number of fused-ring (bicyclic) bond motifs is 1. The Morgan fingerprint density at radius 3 is 2.59 bits per heavy atom. The van der Waals surface area contributed by atoms with Crippen LogP contribution in [0.4, 0.5) is 16.2 Å². The quantitative estimate of drug-likeness (QED) is 0.616. The Morgan fingerprint density at radius 1 is 1.18 bits per heavy atom. The van der Waals surface area contributed by atoms with Crippen LogP contribution in [0.1, 0.15) is 38.2 Å². The molecular weight excluding hydrogens is 456 g/mol. The second-order valence-electron chi connectivity index (χ2n) is 8.88. The van der Waals surface area contributed by atoms with E-state index in [1.165, 1.54) is 26.9 Å². The van der Waals surface area contributed by atoms with Crippen molar-refractivity contribution in [1.29, 1.82) is 0 Å². The minimum Gasteiger partial charge on any atom is -0.493 e. The predicted molar refractivity (Wildman–Crippen MR) is 133 cm³/mol. The number of amides is 2. The highest BCUT2D eigenvalue weighted by atomic mass is 35.5. The number of halogens is 1. The van der Waals surface area contributed by atoms with Gasteiger partial charge in [0, 0.05) is 49.6 Å². The van der Waals surface area contributed by atoms with Crippen LogP contribution in [-0.2, 0) is 4.79 Å². The van der Waals surface area contributed by atoms with Gasteiger partial charge in [-0.15, -0.1) is 0 Å². The molecule has 0 spiro atoms. The first-order chi connectivity index (χ1) is 16.3. The van der Waals surface area contributed by atoms with Crippen LogP contribution in [0.25, 0.3) is 0 Å².